The van der Waals surface area contributed by atoms with E-state index in [4.69, 9.17) is 17.3 Å². The van der Waals surface area contributed by atoms with Gasteiger partial charge < -0.3 is 10.7 Å². The van der Waals surface area contributed by atoms with Gasteiger partial charge in [-0.05, 0) is 37.1 Å². The van der Waals surface area contributed by atoms with Gasteiger partial charge in [0.25, 0.3) is 0 Å². The third kappa shape index (κ3) is 3.46. The number of imidazole rings is 2. The first kappa shape index (κ1) is 20.4. The second-order valence-electron chi connectivity index (χ2n) is 8.16. The van der Waals surface area contributed by atoms with Crippen LogP contribution in [-0.2, 0) is 7.05 Å². The van der Waals surface area contributed by atoms with Crippen LogP contribution in [0.4, 0.5) is 10.7 Å². The average Bonchev–Trinajstić information content (AvgIpc) is 3.48. The molecule has 32 heavy (non-hydrogen) atoms. The average molecular weight is 451 g/mol. The summed E-state index contributed by atoms with van der Waals surface area (Å²) in [5, 5.41) is 3.07. The molecule has 0 bridgehead atoms. The van der Waals surface area contributed by atoms with Crippen LogP contribution in [0.5, 0.6) is 0 Å². The molecule has 1 fully saturated rings. The van der Waals surface area contributed by atoms with Crippen molar-refractivity contribution in [2.45, 2.75) is 31.7 Å². The van der Waals surface area contributed by atoms with Gasteiger partial charge in [0.05, 0.1) is 22.4 Å². The van der Waals surface area contributed by atoms with Crippen molar-refractivity contribution in [1.29, 1.82) is 0 Å². The van der Waals surface area contributed by atoms with Gasteiger partial charge in [-0.2, -0.15) is 0 Å². The van der Waals surface area contributed by atoms with Crippen LogP contribution < -0.4 is 16.7 Å². The highest BCUT2D eigenvalue weighted by molar-refractivity contribution is 6.30. The van der Waals surface area contributed by atoms with Gasteiger partial charge in [0.2, 0.25) is 5.95 Å². The van der Waals surface area contributed by atoms with E-state index in [2.05, 4.69) is 15.3 Å². The fourth-order valence-electron chi connectivity index (χ4n) is 4.64. The molecule has 1 aliphatic carbocycles. The van der Waals surface area contributed by atoms with Crippen LogP contribution in [0.1, 0.15) is 31.7 Å². The Balaban J connectivity index is 1.68. The minimum atomic E-state index is -0.713. The summed E-state index contributed by atoms with van der Waals surface area (Å²) in [5.41, 5.74) is 9.99. The lowest BCUT2D eigenvalue weighted by Gasteiger charge is -2.11. The number of nitrogens with two attached hydrogens (primary N) is 1. The van der Waals surface area contributed by atoms with Gasteiger partial charge in [-0.25, -0.2) is 14.6 Å². The van der Waals surface area contributed by atoms with E-state index in [1.165, 1.54) is 0 Å². The molecule has 1 saturated carbocycles. The van der Waals surface area contributed by atoms with Gasteiger partial charge >= 0.3 is 11.7 Å². The van der Waals surface area contributed by atoms with Crippen LogP contribution in [0.2, 0.25) is 5.02 Å². The zero-order valence-corrected chi connectivity index (χ0v) is 18.3. The molecule has 2 aromatic carbocycles. The van der Waals surface area contributed by atoms with E-state index in [1.807, 2.05) is 34.9 Å². The number of aromatic nitrogens is 4. The molecule has 2 amide bonds. The lowest BCUT2D eigenvalue weighted by molar-refractivity contribution is 0.259. The summed E-state index contributed by atoms with van der Waals surface area (Å²) in [7, 11) is 1.80. The van der Waals surface area contributed by atoms with E-state index >= 15 is 0 Å². The molecule has 0 spiro atoms. The van der Waals surface area contributed by atoms with E-state index in [1.54, 1.807) is 23.7 Å². The molecule has 0 radical (unpaired) electrons. The summed E-state index contributed by atoms with van der Waals surface area (Å²) < 4.78 is 3.62. The number of nitrogens with one attached hydrogen (secondary N) is 2. The third-order valence-electron chi connectivity index (χ3n) is 6.11. The topological polar surface area (TPSA) is 111 Å². The van der Waals surface area contributed by atoms with E-state index in [0.717, 1.165) is 47.8 Å². The van der Waals surface area contributed by atoms with Gasteiger partial charge in [0.15, 0.2) is 0 Å². The van der Waals surface area contributed by atoms with Crippen LogP contribution in [0.3, 0.4) is 0 Å². The normalized spacial score (nSPS) is 14.3. The number of rotatable bonds is 4. The number of amides is 2. The number of carbonyl (C=O) groups is 1. The number of hydrogen-bond donors (Lipinski definition) is 3. The van der Waals surface area contributed by atoms with Crippen LogP contribution in [0, 0.1) is 0 Å². The molecule has 1 aliphatic rings. The number of hydrogen-bond acceptors (Lipinski definition) is 3. The van der Waals surface area contributed by atoms with E-state index < -0.39 is 6.03 Å². The second-order valence-corrected chi connectivity index (χ2v) is 8.60. The zero-order valence-electron chi connectivity index (χ0n) is 17.6. The molecule has 5 rings (SSSR count). The van der Waals surface area contributed by atoms with E-state index in [0.29, 0.717) is 16.4 Å². The van der Waals surface area contributed by atoms with Gasteiger partial charge in [0, 0.05) is 29.2 Å². The SMILES string of the molecule is Cn1c(=O)n(C2CCCC2)c2ccc(-c3[nH]c(NC(N)=O)nc3-c3cccc(Cl)c3)cc21. The number of halogens is 1. The van der Waals surface area contributed by atoms with Crippen molar-refractivity contribution in [1.82, 2.24) is 19.1 Å². The Kier molecular flexibility index (Phi) is 5.01. The van der Waals surface area contributed by atoms with Crippen LogP contribution >= 0.6 is 11.6 Å². The predicted octanol–water partition coefficient (Wildman–Crippen LogP) is 4.66. The summed E-state index contributed by atoms with van der Waals surface area (Å²) in [5.74, 6) is 0.236. The number of H-pyrrole nitrogens is 1. The number of primary amides is 1. The smallest absolute Gasteiger partial charge is 0.329 e. The Morgan fingerprint density at radius 2 is 1.94 bits per heavy atom. The fraction of sp³-hybridized carbons (Fsp3) is 0.261. The molecular weight excluding hydrogens is 428 g/mol. The van der Waals surface area contributed by atoms with Crippen LogP contribution in [0.15, 0.2) is 47.3 Å². The van der Waals surface area contributed by atoms with Gasteiger partial charge in [-0.1, -0.05) is 42.6 Å². The van der Waals surface area contributed by atoms with E-state index in [-0.39, 0.29) is 17.7 Å². The summed E-state index contributed by atoms with van der Waals surface area (Å²) in [6.45, 7) is 0. The zero-order chi connectivity index (χ0) is 22.4. The first-order valence-corrected chi connectivity index (χ1v) is 10.9. The Morgan fingerprint density at radius 1 is 1.16 bits per heavy atom. The highest BCUT2D eigenvalue weighted by Gasteiger charge is 2.23. The monoisotopic (exact) mass is 450 g/mol. The lowest BCUT2D eigenvalue weighted by Crippen LogP contribution is -2.24. The summed E-state index contributed by atoms with van der Waals surface area (Å²) in [6, 6.07) is 12.8. The first-order chi connectivity index (χ1) is 15.4. The minimum Gasteiger partial charge on any atom is -0.351 e. The van der Waals surface area contributed by atoms with Gasteiger partial charge in [-0.15, -0.1) is 0 Å². The molecule has 4 N–H and O–H groups in total. The molecule has 164 valence electrons. The number of carbonyl (C=O) groups excluding carboxylic acids is 1. The van der Waals surface area contributed by atoms with Crippen molar-refractivity contribution in [3.05, 3.63) is 58.0 Å². The highest BCUT2D eigenvalue weighted by Crippen LogP contribution is 2.35. The Morgan fingerprint density at radius 3 is 2.66 bits per heavy atom. The molecule has 0 aliphatic heterocycles. The number of nitrogens with zero attached hydrogens (tertiary/aromatic N) is 3. The maximum atomic E-state index is 13.0. The number of urea groups is 1. The maximum absolute atomic E-state index is 13.0. The molecule has 9 heteroatoms. The summed E-state index contributed by atoms with van der Waals surface area (Å²) in [6.07, 6.45) is 4.36. The number of fused-ring (bicyclic) bond motifs is 1. The van der Waals surface area contributed by atoms with Crippen molar-refractivity contribution in [3.63, 3.8) is 0 Å². The Hall–Kier alpha value is -3.52. The minimum absolute atomic E-state index is 0.000176. The Bertz CT molecular complexity index is 1390. The number of benzene rings is 2. The van der Waals surface area contributed by atoms with Crippen LogP contribution in [0.25, 0.3) is 33.5 Å². The molecule has 0 saturated heterocycles. The van der Waals surface area contributed by atoms with Gasteiger partial charge in [0.1, 0.15) is 0 Å². The second kappa shape index (κ2) is 7.87. The number of aryl methyl sites for hydroxylation is 1. The first-order valence-electron chi connectivity index (χ1n) is 10.6. The van der Waals surface area contributed by atoms with Gasteiger partial charge in [-0.3, -0.25) is 14.5 Å². The van der Waals surface area contributed by atoms with Crippen molar-refractivity contribution < 1.29 is 4.79 Å². The molecule has 2 heterocycles. The third-order valence-corrected chi connectivity index (χ3v) is 6.35. The molecule has 0 atom stereocenters. The number of aromatic amines is 1. The quantitative estimate of drug-likeness (QED) is 0.420. The molecule has 4 aromatic rings. The molecule has 2 aromatic heterocycles. The summed E-state index contributed by atoms with van der Waals surface area (Å²) >= 11 is 6.20. The van der Waals surface area contributed by atoms with Crippen molar-refractivity contribution in [3.8, 4) is 22.5 Å². The van der Waals surface area contributed by atoms with E-state index in [9.17, 15) is 9.59 Å². The molecule has 8 nitrogen and oxygen atoms in total. The summed E-state index contributed by atoms with van der Waals surface area (Å²) in [4.78, 5) is 32.1. The Labute approximate surface area is 189 Å². The van der Waals surface area contributed by atoms with Crippen molar-refractivity contribution in [2.24, 2.45) is 12.8 Å². The predicted molar refractivity (Wildman–Crippen MR) is 126 cm³/mol. The highest BCUT2D eigenvalue weighted by atomic mass is 35.5. The fourth-order valence-corrected chi connectivity index (χ4v) is 4.83. The maximum Gasteiger partial charge on any atom is 0.329 e. The molecule has 0 unspecified atom stereocenters. The van der Waals surface area contributed by atoms with Crippen molar-refractivity contribution in [2.75, 3.05) is 5.32 Å². The van der Waals surface area contributed by atoms with Crippen LogP contribution in [-0.4, -0.2) is 25.1 Å². The lowest BCUT2D eigenvalue weighted by atomic mass is 10.0. The van der Waals surface area contributed by atoms with Crippen molar-refractivity contribution >= 4 is 34.6 Å². The standard InChI is InChI=1S/C23H23ClN6O2/c1-29-18-12-14(9-10-17(18)30(23(29)32)16-7-2-3-8-16)20-19(13-5-4-6-15(24)11-13)26-22(27-20)28-21(25)31/h4-6,9-12,16H,2-3,7-8H2,1H3,(H4,25,26,27,28,31). The molecular formula is C23H23ClN6O2. The number of anilines is 1. The largest absolute Gasteiger partial charge is 0.351 e.